The van der Waals surface area contributed by atoms with Crippen molar-refractivity contribution in [2.24, 2.45) is 28.9 Å². The lowest BCUT2D eigenvalue weighted by Gasteiger charge is -2.56. The molecule has 4 aliphatic rings. The molecule has 0 saturated heterocycles. The Labute approximate surface area is 236 Å². The Morgan fingerprint density at radius 2 is 1.59 bits per heavy atom. The van der Waals surface area contributed by atoms with Crippen molar-refractivity contribution >= 4 is 29.6 Å². The maximum absolute atomic E-state index is 13.1. The molecule has 4 bridgehead atoms. The lowest BCUT2D eigenvalue weighted by Crippen LogP contribution is -2.49. The van der Waals surface area contributed by atoms with Crippen molar-refractivity contribution in [2.75, 3.05) is 6.54 Å². The molecule has 0 spiro atoms. The lowest BCUT2D eigenvalue weighted by molar-refractivity contribution is -0.202. The molecule has 1 atom stereocenters. The van der Waals surface area contributed by atoms with Gasteiger partial charge in [-0.1, -0.05) is 24.3 Å². The van der Waals surface area contributed by atoms with E-state index in [1.54, 1.807) is 24.3 Å². The van der Waals surface area contributed by atoms with Crippen LogP contribution >= 0.6 is 0 Å². The number of carbonyl (C=O) groups is 4. The monoisotopic (exact) mass is 578 g/mol. The number of ether oxygens (including phenoxy) is 1. The van der Waals surface area contributed by atoms with Crippen LogP contribution in [0.4, 0.5) is 13.2 Å². The van der Waals surface area contributed by atoms with Crippen molar-refractivity contribution in [3.8, 4) is 0 Å². The minimum absolute atomic E-state index is 0.0628. The van der Waals surface area contributed by atoms with Crippen LogP contribution in [0.2, 0.25) is 0 Å². The Balaban J connectivity index is 1.28. The number of halogens is 3. The van der Waals surface area contributed by atoms with Gasteiger partial charge in [-0.2, -0.15) is 13.2 Å². The van der Waals surface area contributed by atoms with Crippen LogP contribution in [-0.4, -0.2) is 48.4 Å². The number of nitrogens with two attached hydrogens (primary N) is 1. The van der Waals surface area contributed by atoms with E-state index < -0.39 is 30.6 Å². The van der Waals surface area contributed by atoms with Gasteiger partial charge in [0.25, 0.3) is 0 Å². The highest BCUT2D eigenvalue weighted by atomic mass is 19.4. The maximum Gasteiger partial charge on any atom is 0.491 e. The van der Waals surface area contributed by atoms with Gasteiger partial charge < -0.3 is 21.1 Å². The molecule has 4 saturated carbocycles. The van der Waals surface area contributed by atoms with Gasteiger partial charge in [-0.15, -0.1) is 0 Å². The predicted octanol–water partition coefficient (Wildman–Crippen LogP) is 3.52. The summed E-state index contributed by atoms with van der Waals surface area (Å²) in [6.45, 7) is 0.211. The van der Waals surface area contributed by atoms with E-state index in [0.717, 1.165) is 24.8 Å². The van der Waals surface area contributed by atoms with Gasteiger partial charge in [0, 0.05) is 24.6 Å². The smallest absolute Gasteiger partial charge is 0.386 e. The zero-order chi connectivity index (χ0) is 29.8. The summed E-state index contributed by atoms with van der Waals surface area (Å²) in [5.41, 5.74) is 6.63. The van der Waals surface area contributed by atoms with E-state index in [9.17, 15) is 32.3 Å². The molecule has 2 amide bonds. The number of amides is 2. The highest BCUT2D eigenvalue weighted by molar-refractivity contribution is 5.95. The third-order valence-electron chi connectivity index (χ3n) is 8.60. The van der Waals surface area contributed by atoms with Crippen LogP contribution in [0, 0.1) is 28.6 Å². The van der Waals surface area contributed by atoms with E-state index in [4.69, 9.17) is 11.1 Å². The largest absolute Gasteiger partial charge is 0.491 e. The number of rotatable bonds is 12. The fourth-order valence-electron chi connectivity index (χ4n) is 7.38. The summed E-state index contributed by atoms with van der Waals surface area (Å²) in [6.07, 6.45) is 1.70. The molecule has 0 radical (unpaired) electrons. The van der Waals surface area contributed by atoms with E-state index in [2.05, 4.69) is 15.4 Å². The van der Waals surface area contributed by atoms with Gasteiger partial charge in [0.1, 0.15) is 5.84 Å². The number of nitrogen functional groups attached to an aromatic ring is 1. The number of esters is 2. The van der Waals surface area contributed by atoms with E-state index in [1.807, 2.05) is 0 Å². The second kappa shape index (κ2) is 12.6. The molecule has 1 aromatic rings. The van der Waals surface area contributed by atoms with E-state index in [0.29, 0.717) is 36.2 Å². The number of carbonyl (C=O) groups excluding carboxylic acids is 4. The van der Waals surface area contributed by atoms with Crippen LogP contribution in [0.15, 0.2) is 24.3 Å². The summed E-state index contributed by atoms with van der Waals surface area (Å²) < 4.78 is 41.6. The third-order valence-corrected chi connectivity index (χ3v) is 8.60. The number of benzene rings is 1. The topological polar surface area (TPSA) is 151 Å². The van der Waals surface area contributed by atoms with Gasteiger partial charge in [-0.3, -0.25) is 19.8 Å². The van der Waals surface area contributed by atoms with E-state index in [-0.39, 0.29) is 42.5 Å². The zero-order valence-electron chi connectivity index (χ0n) is 22.9. The molecular formula is C29H37F3N4O5. The summed E-state index contributed by atoms with van der Waals surface area (Å²) >= 11 is 0. The lowest BCUT2D eigenvalue weighted by atomic mass is 9.49. The average molecular weight is 579 g/mol. The van der Waals surface area contributed by atoms with Crippen molar-refractivity contribution < 1.29 is 37.1 Å². The minimum Gasteiger partial charge on any atom is -0.386 e. The quantitative estimate of drug-likeness (QED) is 0.0980. The third kappa shape index (κ3) is 8.53. The van der Waals surface area contributed by atoms with Gasteiger partial charge in [0.15, 0.2) is 0 Å². The fourth-order valence-corrected chi connectivity index (χ4v) is 7.38. The van der Waals surface area contributed by atoms with Crippen molar-refractivity contribution in [3.05, 3.63) is 35.4 Å². The van der Waals surface area contributed by atoms with E-state index in [1.165, 1.54) is 19.3 Å². The van der Waals surface area contributed by atoms with Gasteiger partial charge >= 0.3 is 18.1 Å². The average Bonchev–Trinajstić information content (AvgIpc) is 2.85. The number of hydrogen-bond donors (Lipinski definition) is 4. The van der Waals surface area contributed by atoms with Crippen LogP contribution in [-0.2, 0) is 30.3 Å². The summed E-state index contributed by atoms with van der Waals surface area (Å²) in [7, 11) is 0. The standard InChI is InChI=1S/C29H37F3N4O5/c30-29(31,32)27(40)41-25(39)12-22(2-1-7-35-23(37)11-17-3-5-21(6-4-17)26(33)34)36-24(38)16-28-13-18-8-19(14-28)10-20(9-18)15-28/h3-6,18-20,22H,1-2,7-16H2,(H3,33,34)(H,35,37)(H,36,38)/t18?,19?,20?,22-,28?/m0/s1. The molecule has 1 aromatic carbocycles. The summed E-state index contributed by atoms with van der Waals surface area (Å²) in [6, 6.07) is 5.83. The SMILES string of the molecule is N=C(N)c1ccc(CC(=O)NCCC[C@@H](CC(=O)OC(=O)C(F)(F)F)NC(=O)CC23CC4CC(CC(C4)C2)C3)cc1. The Morgan fingerprint density at radius 3 is 2.12 bits per heavy atom. The molecule has 4 fully saturated rings. The van der Waals surface area contributed by atoms with Crippen molar-refractivity contribution in [3.63, 3.8) is 0 Å². The molecule has 41 heavy (non-hydrogen) atoms. The summed E-state index contributed by atoms with van der Waals surface area (Å²) in [5, 5.41) is 13.0. The maximum atomic E-state index is 13.1. The van der Waals surface area contributed by atoms with Crippen molar-refractivity contribution in [2.45, 2.75) is 82.8 Å². The van der Waals surface area contributed by atoms with Crippen LogP contribution in [0.25, 0.3) is 0 Å². The molecule has 0 aromatic heterocycles. The number of hydrogen-bond acceptors (Lipinski definition) is 6. The Hall–Kier alpha value is -3.44. The normalized spacial score (nSPS) is 25.3. The van der Waals surface area contributed by atoms with Crippen LogP contribution in [0.5, 0.6) is 0 Å². The van der Waals surface area contributed by atoms with Crippen molar-refractivity contribution in [1.29, 1.82) is 5.41 Å². The van der Waals surface area contributed by atoms with Crippen molar-refractivity contribution in [1.82, 2.24) is 10.6 Å². The predicted molar refractivity (Wildman–Crippen MR) is 142 cm³/mol. The summed E-state index contributed by atoms with van der Waals surface area (Å²) in [4.78, 5) is 48.7. The first-order chi connectivity index (χ1) is 19.3. The summed E-state index contributed by atoms with van der Waals surface area (Å²) in [5.74, 6) is -2.64. The minimum atomic E-state index is -5.30. The van der Waals surface area contributed by atoms with Crippen LogP contribution in [0.3, 0.4) is 0 Å². The first-order valence-electron chi connectivity index (χ1n) is 14.1. The molecule has 5 rings (SSSR count). The molecule has 4 aliphatic carbocycles. The van der Waals surface area contributed by atoms with Gasteiger partial charge in [0.05, 0.1) is 12.8 Å². The first-order valence-corrected chi connectivity index (χ1v) is 14.1. The second-order valence-electron chi connectivity index (χ2n) is 12.1. The van der Waals surface area contributed by atoms with Gasteiger partial charge in [-0.25, -0.2) is 4.79 Å². The molecule has 0 heterocycles. The first kappa shape index (κ1) is 30.5. The molecule has 0 unspecified atom stereocenters. The second-order valence-corrected chi connectivity index (χ2v) is 12.1. The van der Waals surface area contributed by atoms with E-state index >= 15 is 0 Å². The molecule has 224 valence electrons. The van der Waals surface area contributed by atoms with Gasteiger partial charge in [0.2, 0.25) is 11.8 Å². The highest BCUT2D eigenvalue weighted by Crippen LogP contribution is 2.61. The molecular weight excluding hydrogens is 541 g/mol. The van der Waals surface area contributed by atoms with Crippen LogP contribution < -0.4 is 16.4 Å². The molecule has 12 heteroatoms. The number of alkyl halides is 3. The highest BCUT2D eigenvalue weighted by Gasteiger charge is 2.51. The fraction of sp³-hybridized carbons (Fsp3) is 0.621. The number of nitrogens with one attached hydrogen (secondary N) is 3. The Bertz CT molecular complexity index is 1130. The number of amidine groups is 1. The Morgan fingerprint density at radius 1 is 1.00 bits per heavy atom. The molecule has 0 aliphatic heterocycles. The van der Waals surface area contributed by atoms with Gasteiger partial charge in [-0.05, 0) is 80.1 Å². The zero-order valence-corrected chi connectivity index (χ0v) is 22.9. The van der Waals surface area contributed by atoms with Crippen LogP contribution in [0.1, 0.15) is 75.3 Å². The Kier molecular flexibility index (Phi) is 9.38. The molecule has 9 nitrogen and oxygen atoms in total. The molecule has 5 N–H and O–H groups in total.